The molecule has 0 aliphatic rings. The molecule has 0 rings (SSSR count). The minimum absolute atomic E-state index is 0.482. The molecule has 0 aliphatic heterocycles. The van der Waals surface area contributed by atoms with E-state index in [0.717, 1.165) is 12.8 Å². The Morgan fingerprint density at radius 3 is 2.45 bits per heavy atom. The van der Waals surface area contributed by atoms with Crippen LogP contribution in [0.5, 0.6) is 0 Å². The molecule has 0 spiro atoms. The van der Waals surface area contributed by atoms with E-state index in [4.69, 9.17) is 5.11 Å². The first kappa shape index (κ1) is 10.4. The molecule has 3 heteroatoms. The Labute approximate surface area is 65.4 Å². The van der Waals surface area contributed by atoms with Gasteiger partial charge in [-0.1, -0.05) is 25.7 Å². The summed E-state index contributed by atoms with van der Waals surface area (Å²) in [4.78, 5) is 0. The molecule has 0 fully saturated rings. The lowest BCUT2D eigenvalue weighted by atomic mass is 10.2. The summed E-state index contributed by atoms with van der Waals surface area (Å²) in [7, 11) is 0. The van der Waals surface area contributed by atoms with Crippen LogP contribution in [0.15, 0.2) is 0 Å². The molecule has 0 unspecified atom stereocenters. The first-order valence-electron chi connectivity index (χ1n) is 3.64. The van der Waals surface area contributed by atoms with Crippen molar-refractivity contribution < 1.29 is 13.9 Å². The lowest BCUT2D eigenvalue weighted by Gasteiger charge is -1.99. The van der Waals surface area contributed by atoms with Crippen molar-refractivity contribution in [1.82, 2.24) is 0 Å². The van der Waals surface area contributed by atoms with Gasteiger partial charge < -0.3 is 5.11 Å². The number of aliphatic hydroxyl groups excluding tert-OH is 1. The zero-order valence-electron chi connectivity index (χ0n) is 6.48. The van der Waals surface area contributed by atoms with E-state index in [1.807, 2.05) is 6.92 Å². The van der Waals surface area contributed by atoms with Crippen LogP contribution in [0.25, 0.3) is 0 Å². The van der Waals surface area contributed by atoms with Crippen LogP contribution in [0.1, 0.15) is 26.2 Å². The predicted octanol–water partition coefficient (Wildman–Crippen LogP) is 1.81. The van der Waals surface area contributed by atoms with Gasteiger partial charge in [-0.05, 0) is 12.3 Å². The van der Waals surface area contributed by atoms with E-state index in [1.165, 1.54) is 0 Å². The van der Waals surface area contributed by atoms with E-state index in [-0.39, 0.29) is 0 Å². The third-order valence-corrected chi connectivity index (χ3v) is 1.19. The lowest BCUT2D eigenvalue weighted by molar-refractivity contribution is 0.205. The van der Waals surface area contributed by atoms with Gasteiger partial charge in [-0.25, -0.2) is 0 Å². The molecular weight excluding hydrogens is 150 g/mol. The van der Waals surface area contributed by atoms with Crippen LogP contribution in [0.2, 0.25) is 0 Å². The van der Waals surface area contributed by atoms with E-state index < -0.39 is 12.5 Å². The molecule has 0 aromatic heterocycles. The SMILES string of the molecule is CCCC[C@@H](O)C#CC(F)F. The highest BCUT2D eigenvalue weighted by atomic mass is 19.3. The summed E-state index contributed by atoms with van der Waals surface area (Å²) < 4.78 is 22.9. The van der Waals surface area contributed by atoms with Crippen molar-refractivity contribution in [1.29, 1.82) is 0 Å². The molecule has 1 atom stereocenters. The second kappa shape index (κ2) is 6.11. The van der Waals surface area contributed by atoms with E-state index in [2.05, 4.69) is 5.92 Å². The maximum Gasteiger partial charge on any atom is 0.298 e. The number of unbranched alkanes of at least 4 members (excludes halogenated alkanes) is 1. The number of aliphatic hydroxyl groups is 1. The highest BCUT2D eigenvalue weighted by molar-refractivity contribution is 5.06. The Morgan fingerprint density at radius 1 is 1.36 bits per heavy atom. The van der Waals surface area contributed by atoms with Gasteiger partial charge in [-0.3, -0.25) is 0 Å². The van der Waals surface area contributed by atoms with Crippen molar-refractivity contribution in [3.63, 3.8) is 0 Å². The van der Waals surface area contributed by atoms with Crippen molar-refractivity contribution in [2.45, 2.75) is 38.7 Å². The molecule has 0 aromatic carbocycles. The minimum atomic E-state index is -2.63. The van der Waals surface area contributed by atoms with E-state index >= 15 is 0 Å². The van der Waals surface area contributed by atoms with Gasteiger partial charge in [0.15, 0.2) is 0 Å². The van der Waals surface area contributed by atoms with Crippen LogP contribution < -0.4 is 0 Å². The van der Waals surface area contributed by atoms with Crippen molar-refractivity contribution >= 4 is 0 Å². The molecule has 0 bridgehead atoms. The fraction of sp³-hybridized carbons (Fsp3) is 0.750. The average molecular weight is 162 g/mol. The molecule has 64 valence electrons. The quantitative estimate of drug-likeness (QED) is 0.627. The summed E-state index contributed by atoms with van der Waals surface area (Å²) >= 11 is 0. The van der Waals surface area contributed by atoms with E-state index in [1.54, 1.807) is 5.92 Å². The van der Waals surface area contributed by atoms with Crippen molar-refractivity contribution in [3.8, 4) is 11.8 Å². The summed E-state index contributed by atoms with van der Waals surface area (Å²) in [5, 5.41) is 8.92. The highest BCUT2D eigenvalue weighted by Gasteiger charge is 1.98. The zero-order chi connectivity index (χ0) is 8.69. The molecular formula is C8H12F2O. The smallest absolute Gasteiger partial charge is 0.298 e. The van der Waals surface area contributed by atoms with Crippen molar-refractivity contribution in [2.75, 3.05) is 0 Å². The maximum absolute atomic E-state index is 11.4. The van der Waals surface area contributed by atoms with Crippen molar-refractivity contribution in [3.05, 3.63) is 0 Å². The first-order valence-corrected chi connectivity index (χ1v) is 3.64. The average Bonchev–Trinajstić information content (AvgIpc) is 1.97. The largest absolute Gasteiger partial charge is 0.380 e. The maximum atomic E-state index is 11.4. The second-order valence-electron chi connectivity index (χ2n) is 2.25. The number of rotatable bonds is 3. The van der Waals surface area contributed by atoms with Gasteiger partial charge in [0.2, 0.25) is 0 Å². The fourth-order valence-corrected chi connectivity index (χ4v) is 0.629. The Hall–Kier alpha value is -0.620. The Morgan fingerprint density at radius 2 is 2.00 bits per heavy atom. The van der Waals surface area contributed by atoms with E-state index in [0.29, 0.717) is 6.42 Å². The van der Waals surface area contributed by atoms with Gasteiger partial charge in [-0.15, -0.1) is 0 Å². The van der Waals surface area contributed by atoms with Crippen molar-refractivity contribution in [2.24, 2.45) is 0 Å². The van der Waals surface area contributed by atoms with Gasteiger partial charge in [-0.2, -0.15) is 8.78 Å². The van der Waals surface area contributed by atoms with Crippen LogP contribution in [-0.2, 0) is 0 Å². The normalized spacial score (nSPS) is 12.5. The number of hydrogen-bond donors (Lipinski definition) is 1. The van der Waals surface area contributed by atoms with Crippen LogP contribution in [0.3, 0.4) is 0 Å². The highest BCUT2D eigenvalue weighted by Crippen LogP contribution is 1.99. The zero-order valence-corrected chi connectivity index (χ0v) is 6.48. The molecule has 0 aromatic rings. The molecule has 1 nitrogen and oxygen atoms in total. The second-order valence-corrected chi connectivity index (χ2v) is 2.25. The van der Waals surface area contributed by atoms with Crippen LogP contribution >= 0.6 is 0 Å². The summed E-state index contributed by atoms with van der Waals surface area (Å²) in [6, 6.07) is 0. The van der Waals surface area contributed by atoms with Gasteiger partial charge >= 0.3 is 0 Å². The molecule has 0 radical (unpaired) electrons. The molecule has 0 saturated heterocycles. The first-order chi connectivity index (χ1) is 5.16. The molecule has 0 saturated carbocycles. The molecule has 0 aliphatic carbocycles. The monoisotopic (exact) mass is 162 g/mol. The summed E-state index contributed by atoms with van der Waals surface area (Å²) in [5.74, 6) is 3.69. The number of halogens is 2. The molecule has 0 heterocycles. The van der Waals surface area contributed by atoms with Gasteiger partial charge in [0.1, 0.15) is 6.10 Å². The Bertz CT molecular complexity index is 146. The standard InChI is InChI=1S/C8H12F2O/c1-2-3-4-7(11)5-6-8(9)10/h7-8,11H,2-4H2,1H3/t7-/m1/s1. The van der Waals surface area contributed by atoms with E-state index in [9.17, 15) is 8.78 Å². The molecule has 1 N–H and O–H groups in total. The van der Waals surface area contributed by atoms with Crippen LogP contribution in [0.4, 0.5) is 8.78 Å². The predicted molar refractivity (Wildman–Crippen MR) is 39.3 cm³/mol. The lowest BCUT2D eigenvalue weighted by Crippen LogP contribution is -2.02. The fourth-order valence-electron chi connectivity index (χ4n) is 0.629. The van der Waals surface area contributed by atoms with Crippen LogP contribution in [0, 0.1) is 11.8 Å². The number of alkyl halides is 2. The summed E-state index contributed by atoms with van der Waals surface area (Å²) in [5.41, 5.74) is 0. The Kier molecular flexibility index (Phi) is 5.77. The van der Waals surface area contributed by atoms with Gasteiger partial charge in [0.25, 0.3) is 6.43 Å². The third kappa shape index (κ3) is 7.27. The molecule has 0 amide bonds. The number of hydrogen-bond acceptors (Lipinski definition) is 1. The van der Waals surface area contributed by atoms with Gasteiger partial charge in [0.05, 0.1) is 0 Å². The van der Waals surface area contributed by atoms with Gasteiger partial charge in [0, 0.05) is 0 Å². The van der Waals surface area contributed by atoms with Crippen LogP contribution in [-0.4, -0.2) is 17.6 Å². The third-order valence-electron chi connectivity index (χ3n) is 1.19. The topological polar surface area (TPSA) is 20.2 Å². The Balaban J connectivity index is 3.53. The minimum Gasteiger partial charge on any atom is -0.380 e. The molecule has 11 heavy (non-hydrogen) atoms. The summed E-state index contributed by atoms with van der Waals surface area (Å²) in [6.07, 6.45) is -1.28. The summed E-state index contributed by atoms with van der Waals surface area (Å²) in [6.45, 7) is 1.97.